The van der Waals surface area contributed by atoms with Crippen molar-refractivity contribution in [2.45, 2.75) is 11.6 Å². The third-order valence-electron chi connectivity index (χ3n) is 3.32. The number of aromatic amines is 1. The summed E-state index contributed by atoms with van der Waals surface area (Å²) in [5, 5.41) is 5.60. The quantitative estimate of drug-likeness (QED) is 0.631. The van der Waals surface area contributed by atoms with Crippen LogP contribution in [-0.2, 0) is 11.2 Å². The number of halogens is 1. The molecule has 124 valence electrons. The van der Waals surface area contributed by atoms with Crippen molar-refractivity contribution in [3.63, 3.8) is 0 Å². The van der Waals surface area contributed by atoms with Crippen LogP contribution in [0.5, 0.6) is 0 Å². The molecule has 0 atom stereocenters. The molecule has 0 aliphatic heterocycles. The average molecular weight is 361 g/mol. The number of nitrogens with one attached hydrogen (secondary N) is 2. The maximum absolute atomic E-state index is 12.9. The van der Waals surface area contributed by atoms with Gasteiger partial charge in [-0.25, -0.2) is 9.37 Å². The van der Waals surface area contributed by atoms with Gasteiger partial charge in [-0.2, -0.15) is 0 Å². The molecular formula is C17H16FN3OS2. The molecule has 0 bridgehead atoms. The van der Waals surface area contributed by atoms with E-state index in [0.717, 1.165) is 17.7 Å². The average Bonchev–Trinajstić information content (AvgIpc) is 3.25. The predicted molar refractivity (Wildman–Crippen MR) is 95.7 cm³/mol. The molecule has 0 aliphatic rings. The maximum atomic E-state index is 12.9. The molecule has 3 aromatic rings. The SMILES string of the molecule is O=C(CSc1ncc(-c2ccc(F)cc2)[nH]1)NCCc1cccs1. The van der Waals surface area contributed by atoms with Gasteiger partial charge in [0.05, 0.1) is 17.6 Å². The van der Waals surface area contributed by atoms with Crippen LogP contribution in [0.1, 0.15) is 4.88 Å². The highest BCUT2D eigenvalue weighted by molar-refractivity contribution is 7.99. The van der Waals surface area contributed by atoms with Crippen LogP contribution in [-0.4, -0.2) is 28.2 Å². The lowest BCUT2D eigenvalue weighted by Crippen LogP contribution is -2.27. The third-order valence-corrected chi connectivity index (χ3v) is 5.14. The van der Waals surface area contributed by atoms with Crippen LogP contribution in [0.15, 0.2) is 53.1 Å². The second-order valence-electron chi connectivity index (χ2n) is 5.08. The number of rotatable bonds is 7. The summed E-state index contributed by atoms with van der Waals surface area (Å²) in [5.41, 5.74) is 1.66. The number of amides is 1. The van der Waals surface area contributed by atoms with Gasteiger partial charge < -0.3 is 10.3 Å². The molecule has 2 N–H and O–H groups in total. The summed E-state index contributed by atoms with van der Waals surface area (Å²) in [6, 6.07) is 10.3. The fraction of sp³-hybridized carbons (Fsp3) is 0.176. The molecule has 0 spiro atoms. The Morgan fingerprint density at radius 1 is 1.29 bits per heavy atom. The van der Waals surface area contributed by atoms with Crippen molar-refractivity contribution in [1.82, 2.24) is 15.3 Å². The minimum atomic E-state index is -0.271. The van der Waals surface area contributed by atoms with Crippen LogP contribution in [0.2, 0.25) is 0 Å². The molecule has 4 nitrogen and oxygen atoms in total. The van der Waals surface area contributed by atoms with Gasteiger partial charge in [-0.3, -0.25) is 4.79 Å². The van der Waals surface area contributed by atoms with E-state index in [0.29, 0.717) is 17.5 Å². The first kappa shape index (κ1) is 16.7. The molecule has 1 amide bonds. The minimum absolute atomic E-state index is 0.0173. The molecule has 3 rings (SSSR count). The van der Waals surface area contributed by atoms with Gasteiger partial charge in [0, 0.05) is 11.4 Å². The fourth-order valence-corrected chi connectivity index (χ4v) is 3.51. The third kappa shape index (κ3) is 4.69. The smallest absolute Gasteiger partial charge is 0.230 e. The number of H-pyrrole nitrogens is 1. The Kier molecular flexibility index (Phi) is 5.66. The van der Waals surface area contributed by atoms with Crippen molar-refractivity contribution in [3.05, 3.63) is 58.7 Å². The molecule has 1 aromatic carbocycles. The van der Waals surface area contributed by atoms with Crippen LogP contribution in [0.25, 0.3) is 11.3 Å². The van der Waals surface area contributed by atoms with E-state index in [9.17, 15) is 9.18 Å². The maximum Gasteiger partial charge on any atom is 0.230 e. The van der Waals surface area contributed by atoms with E-state index in [1.165, 1.54) is 28.8 Å². The lowest BCUT2D eigenvalue weighted by atomic mass is 10.2. The van der Waals surface area contributed by atoms with Gasteiger partial charge in [-0.15, -0.1) is 11.3 Å². The van der Waals surface area contributed by atoms with Crippen molar-refractivity contribution in [2.75, 3.05) is 12.3 Å². The first-order valence-corrected chi connectivity index (χ1v) is 9.30. The Balaban J connectivity index is 1.44. The normalized spacial score (nSPS) is 10.7. The molecular weight excluding hydrogens is 345 g/mol. The number of thioether (sulfide) groups is 1. The second kappa shape index (κ2) is 8.12. The molecule has 0 unspecified atom stereocenters. The fourth-order valence-electron chi connectivity index (χ4n) is 2.12. The summed E-state index contributed by atoms with van der Waals surface area (Å²) in [7, 11) is 0. The van der Waals surface area contributed by atoms with Crippen LogP contribution in [0.4, 0.5) is 4.39 Å². The molecule has 0 radical (unpaired) electrons. The van der Waals surface area contributed by atoms with Crippen molar-refractivity contribution in [1.29, 1.82) is 0 Å². The van der Waals surface area contributed by atoms with Gasteiger partial charge in [0.1, 0.15) is 5.82 Å². The van der Waals surface area contributed by atoms with Crippen molar-refractivity contribution < 1.29 is 9.18 Å². The Hall–Kier alpha value is -2.12. The first-order chi connectivity index (χ1) is 11.7. The number of imidazole rings is 1. The monoisotopic (exact) mass is 361 g/mol. The van der Waals surface area contributed by atoms with Crippen LogP contribution in [0.3, 0.4) is 0 Å². The summed E-state index contributed by atoms with van der Waals surface area (Å²) in [6.45, 7) is 0.638. The molecule has 24 heavy (non-hydrogen) atoms. The van der Waals surface area contributed by atoms with Gasteiger partial charge in [0.15, 0.2) is 5.16 Å². The van der Waals surface area contributed by atoms with Crippen LogP contribution < -0.4 is 5.32 Å². The molecule has 2 heterocycles. The van der Waals surface area contributed by atoms with E-state index in [2.05, 4.69) is 21.4 Å². The van der Waals surface area contributed by atoms with Crippen LogP contribution in [0, 0.1) is 5.82 Å². The standard InChI is InChI=1S/C17H16FN3OS2/c18-13-5-3-12(4-6-13)15-10-20-17(21-15)24-11-16(22)19-8-7-14-2-1-9-23-14/h1-6,9-10H,7-8,11H2,(H,19,22)(H,20,21). The lowest BCUT2D eigenvalue weighted by Gasteiger charge is -2.03. The zero-order valence-electron chi connectivity index (χ0n) is 12.8. The van der Waals surface area contributed by atoms with Crippen molar-refractivity contribution in [3.8, 4) is 11.3 Å². The number of carbonyl (C=O) groups is 1. The lowest BCUT2D eigenvalue weighted by molar-refractivity contribution is -0.118. The Labute approximate surface area is 147 Å². The van der Waals surface area contributed by atoms with E-state index < -0.39 is 0 Å². The van der Waals surface area contributed by atoms with Gasteiger partial charge in [0.25, 0.3) is 0 Å². The summed E-state index contributed by atoms with van der Waals surface area (Å²) >= 11 is 3.04. The minimum Gasteiger partial charge on any atom is -0.355 e. The molecule has 7 heteroatoms. The van der Waals surface area contributed by atoms with E-state index in [-0.39, 0.29) is 11.7 Å². The number of hydrogen-bond donors (Lipinski definition) is 2. The number of aromatic nitrogens is 2. The zero-order chi connectivity index (χ0) is 16.8. The van der Waals surface area contributed by atoms with Crippen LogP contribution >= 0.6 is 23.1 Å². The Morgan fingerprint density at radius 2 is 2.12 bits per heavy atom. The zero-order valence-corrected chi connectivity index (χ0v) is 14.4. The molecule has 0 saturated heterocycles. The molecule has 0 fully saturated rings. The predicted octanol–water partition coefficient (Wildman–Crippen LogP) is 3.73. The molecule has 0 saturated carbocycles. The van der Waals surface area contributed by atoms with E-state index in [1.54, 1.807) is 29.7 Å². The second-order valence-corrected chi connectivity index (χ2v) is 7.07. The van der Waals surface area contributed by atoms with Crippen molar-refractivity contribution in [2.24, 2.45) is 0 Å². The topological polar surface area (TPSA) is 57.8 Å². The number of carbonyl (C=O) groups excluding carboxylic acids is 1. The Morgan fingerprint density at radius 3 is 2.88 bits per heavy atom. The molecule has 2 aromatic heterocycles. The number of nitrogens with zero attached hydrogens (tertiary/aromatic N) is 1. The number of hydrogen-bond acceptors (Lipinski definition) is 4. The summed E-state index contributed by atoms with van der Waals surface area (Å²) in [6.07, 6.45) is 2.54. The van der Waals surface area contributed by atoms with Crippen molar-refractivity contribution >= 4 is 29.0 Å². The largest absolute Gasteiger partial charge is 0.355 e. The highest BCUT2D eigenvalue weighted by Crippen LogP contribution is 2.21. The van der Waals surface area contributed by atoms with E-state index in [4.69, 9.17) is 0 Å². The van der Waals surface area contributed by atoms with E-state index in [1.807, 2.05) is 11.4 Å². The number of benzene rings is 1. The Bertz CT molecular complexity index is 785. The first-order valence-electron chi connectivity index (χ1n) is 7.43. The summed E-state index contributed by atoms with van der Waals surface area (Å²) in [5.74, 6) is 0.0178. The number of thiophene rings is 1. The van der Waals surface area contributed by atoms with E-state index >= 15 is 0 Å². The summed E-state index contributed by atoms with van der Waals surface area (Å²) < 4.78 is 12.9. The highest BCUT2D eigenvalue weighted by atomic mass is 32.2. The summed E-state index contributed by atoms with van der Waals surface area (Å²) in [4.78, 5) is 20.5. The highest BCUT2D eigenvalue weighted by Gasteiger charge is 2.07. The van der Waals surface area contributed by atoms with Gasteiger partial charge >= 0.3 is 0 Å². The molecule has 0 aliphatic carbocycles. The van der Waals surface area contributed by atoms with Gasteiger partial charge in [0.2, 0.25) is 5.91 Å². The van der Waals surface area contributed by atoms with Gasteiger partial charge in [-0.1, -0.05) is 17.8 Å². The van der Waals surface area contributed by atoms with Gasteiger partial charge in [-0.05, 0) is 47.7 Å².